The number of nitrogens with zero attached hydrogens (tertiary/aromatic N) is 1. The highest BCUT2D eigenvalue weighted by atomic mass is 35.5. The molecule has 0 saturated carbocycles. The van der Waals surface area contributed by atoms with Gasteiger partial charge in [0.15, 0.2) is 0 Å². The second kappa shape index (κ2) is 4.41. The van der Waals surface area contributed by atoms with E-state index in [1.807, 2.05) is 24.3 Å². The minimum Gasteiger partial charge on any atom is -0.318 e. The zero-order valence-electron chi connectivity index (χ0n) is 9.32. The van der Waals surface area contributed by atoms with Gasteiger partial charge in [-0.1, -0.05) is 29.8 Å². The standard InChI is InChI=1S/C13H13ClN2S/c14-9-5-2-1-4-8(9)12(15)13-16-10-6-3-7-11(10)17-13/h1-2,4-5,12H,3,6-7,15H2. The summed E-state index contributed by atoms with van der Waals surface area (Å²) >= 11 is 7.90. The van der Waals surface area contributed by atoms with Crippen LogP contribution in [0.4, 0.5) is 0 Å². The Kier molecular flexibility index (Phi) is 2.90. The van der Waals surface area contributed by atoms with Crippen LogP contribution in [0, 0.1) is 0 Å². The van der Waals surface area contributed by atoms with Gasteiger partial charge in [-0.3, -0.25) is 0 Å². The number of fused-ring (bicyclic) bond motifs is 1. The van der Waals surface area contributed by atoms with Crippen LogP contribution in [-0.4, -0.2) is 4.98 Å². The van der Waals surface area contributed by atoms with E-state index < -0.39 is 0 Å². The average Bonchev–Trinajstić information content (AvgIpc) is 2.88. The zero-order chi connectivity index (χ0) is 11.8. The molecule has 1 aromatic heterocycles. The summed E-state index contributed by atoms with van der Waals surface area (Å²) in [6.07, 6.45) is 3.49. The van der Waals surface area contributed by atoms with Crippen molar-refractivity contribution in [2.75, 3.05) is 0 Å². The first-order chi connectivity index (χ1) is 8.25. The third kappa shape index (κ3) is 1.99. The van der Waals surface area contributed by atoms with Gasteiger partial charge in [-0.25, -0.2) is 4.98 Å². The van der Waals surface area contributed by atoms with E-state index in [1.165, 1.54) is 17.0 Å². The number of benzene rings is 1. The number of aryl methyl sites for hydroxylation is 2. The van der Waals surface area contributed by atoms with Gasteiger partial charge in [0.05, 0.1) is 11.7 Å². The lowest BCUT2D eigenvalue weighted by atomic mass is 10.1. The summed E-state index contributed by atoms with van der Waals surface area (Å²) in [6.45, 7) is 0. The number of hydrogen-bond acceptors (Lipinski definition) is 3. The van der Waals surface area contributed by atoms with Crippen LogP contribution in [0.3, 0.4) is 0 Å². The Balaban J connectivity index is 1.96. The van der Waals surface area contributed by atoms with Gasteiger partial charge >= 0.3 is 0 Å². The minimum absolute atomic E-state index is 0.195. The molecule has 1 atom stereocenters. The van der Waals surface area contributed by atoms with Crippen molar-refractivity contribution in [1.82, 2.24) is 4.98 Å². The van der Waals surface area contributed by atoms with Crippen molar-refractivity contribution >= 4 is 22.9 Å². The topological polar surface area (TPSA) is 38.9 Å². The van der Waals surface area contributed by atoms with Crippen molar-refractivity contribution in [3.8, 4) is 0 Å². The molecule has 0 bridgehead atoms. The van der Waals surface area contributed by atoms with Crippen LogP contribution in [0.2, 0.25) is 5.02 Å². The summed E-state index contributed by atoms with van der Waals surface area (Å²) in [5, 5.41) is 1.71. The van der Waals surface area contributed by atoms with Crippen molar-refractivity contribution < 1.29 is 0 Å². The molecule has 3 rings (SSSR count). The van der Waals surface area contributed by atoms with Crippen molar-refractivity contribution in [3.05, 3.63) is 50.4 Å². The van der Waals surface area contributed by atoms with Crippen LogP contribution in [0.1, 0.15) is 33.6 Å². The van der Waals surface area contributed by atoms with Crippen molar-refractivity contribution in [2.24, 2.45) is 5.73 Å². The number of aromatic nitrogens is 1. The number of thiazole rings is 1. The molecule has 1 aromatic carbocycles. The van der Waals surface area contributed by atoms with Gasteiger partial charge in [-0.05, 0) is 30.9 Å². The summed E-state index contributed by atoms with van der Waals surface area (Å²) in [7, 11) is 0. The van der Waals surface area contributed by atoms with E-state index in [9.17, 15) is 0 Å². The second-order valence-electron chi connectivity index (χ2n) is 4.27. The summed E-state index contributed by atoms with van der Waals surface area (Å²) < 4.78 is 0. The first-order valence-electron chi connectivity index (χ1n) is 5.74. The van der Waals surface area contributed by atoms with Gasteiger partial charge in [-0.2, -0.15) is 0 Å². The SMILES string of the molecule is NC(c1nc2c(s1)CCC2)c1ccccc1Cl. The van der Waals surface area contributed by atoms with Crippen LogP contribution in [-0.2, 0) is 12.8 Å². The average molecular weight is 265 g/mol. The Morgan fingerprint density at radius 1 is 1.29 bits per heavy atom. The van der Waals surface area contributed by atoms with E-state index in [0.29, 0.717) is 0 Å². The van der Waals surface area contributed by atoms with Crippen LogP contribution in [0.25, 0.3) is 0 Å². The molecule has 1 unspecified atom stereocenters. The normalized spacial score (nSPS) is 15.9. The summed E-state index contributed by atoms with van der Waals surface area (Å²) in [5.41, 5.74) is 8.44. The van der Waals surface area contributed by atoms with E-state index in [1.54, 1.807) is 11.3 Å². The lowest BCUT2D eigenvalue weighted by Gasteiger charge is -2.10. The fourth-order valence-electron chi connectivity index (χ4n) is 2.20. The molecule has 2 N–H and O–H groups in total. The maximum Gasteiger partial charge on any atom is 0.114 e. The molecule has 0 amide bonds. The highest BCUT2D eigenvalue weighted by Crippen LogP contribution is 2.33. The highest BCUT2D eigenvalue weighted by molar-refractivity contribution is 7.11. The molecule has 0 radical (unpaired) electrons. The first kappa shape index (κ1) is 11.2. The Morgan fingerprint density at radius 2 is 2.12 bits per heavy atom. The number of rotatable bonds is 2. The van der Waals surface area contributed by atoms with E-state index in [0.717, 1.165) is 28.4 Å². The second-order valence-corrected chi connectivity index (χ2v) is 5.80. The van der Waals surface area contributed by atoms with Crippen LogP contribution < -0.4 is 5.73 Å². The molecule has 1 aliphatic rings. The van der Waals surface area contributed by atoms with E-state index in [-0.39, 0.29) is 6.04 Å². The third-order valence-corrected chi connectivity index (χ3v) is 4.70. The Hall–Kier alpha value is -0.900. The molecular formula is C13H13ClN2S. The predicted molar refractivity (Wildman–Crippen MR) is 71.6 cm³/mol. The maximum absolute atomic E-state index is 6.24. The van der Waals surface area contributed by atoms with Gasteiger partial charge in [0.2, 0.25) is 0 Å². The lowest BCUT2D eigenvalue weighted by molar-refractivity contribution is 0.834. The third-order valence-electron chi connectivity index (χ3n) is 3.12. The largest absolute Gasteiger partial charge is 0.318 e. The van der Waals surface area contributed by atoms with Crippen molar-refractivity contribution in [1.29, 1.82) is 0 Å². The lowest BCUT2D eigenvalue weighted by Crippen LogP contribution is -2.12. The molecule has 0 fully saturated rings. The molecule has 1 heterocycles. The minimum atomic E-state index is -0.195. The van der Waals surface area contributed by atoms with Gasteiger partial charge in [0.1, 0.15) is 5.01 Å². The quantitative estimate of drug-likeness (QED) is 0.904. The van der Waals surface area contributed by atoms with Gasteiger partial charge in [0, 0.05) is 9.90 Å². The van der Waals surface area contributed by atoms with Gasteiger partial charge < -0.3 is 5.73 Å². The molecule has 1 aliphatic carbocycles. The summed E-state index contributed by atoms with van der Waals surface area (Å²) in [5.74, 6) is 0. The van der Waals surface area contributed by atoms with E-state index in [4.69, 9.17) is 17.3 Å². The molecule has 2 aromatic rings. The number of nitrogens with two attached hydrogens (primary N) is 1. The smallest absolute Gasteiger partial charge is 0.114 e. The number of hydrogen-bond donors (Lipinski definition) is 1. The van der Waals surface area contributed by atoms with Crippen LogP contribution >= 0.6 is 22.9 Å². The first-order valence-corrected chi connectivity index (χ1v) is 6.93. The molecule has 0 spiro atoms. The molecule has 88 valence electrons. The monoisotopic (exact) mass is 264 g/mol. The fraction of sp³-hybridized carbons (Fsp3) is 0.308. The molecular weight excluding hydrogens is 252 g/mol. The van der Waals surface area contributed by atoms with Crippen LogP contribution in [0.15, 0.2) is 24.3 Å². The molecule has 0 aliphatic heterocycles. The van der Waals surface area contributed by atoms with Crippen molar-refractivity contribution in [2.45, 2.75) is 25.3 Å². The van der Waals surface area contributed by atoms with Crippen LogP contribution in [0.5, 0.6) is 0 Å². The van der Waals surface area contributed by atoms with E-state index in [2.05, 4.69) is 4.98 Å². The Morgan fingerprint density at radius 3 is 2.88 bits per heavy atom. The summed E-state index contributed by atoms with van der Waals surface area (Å²) in [4.78, 5) is 6.05. The van der Waals surface area contributed by atoms with Gasteiger partial charge in [0.25, 0.3) is 0 Å². The van der Waals surface area contributed by atoms with Crippen molar-refractivity contribution in [3.63, 3.8) is 0 Å². The maximum atomic E-state index is 6.24. The zero-order valence-corrected chi connectivity index (χ0v) is 10.9. The number of halogens is 1. The molecule has 2 nitrogen and oxygen atoms in total. The fourth-order valence-corrected chi connectivity index (χ4v) is 3.63. The van der Waals surface area contributed by atoms with Gasteiger partial charge in [-0.15, -0.1) is 11.3 Å². The van der Waals surface area contributed by atoms with E-state index >= 15 is 0 Å². The Labute approximate surface area is 109 Å². The molecule has 4 heteroatoms. The Bertz CT molecular complexity index is 529. The molecule has 0 saturated heterocycles. The highest BCUT2D eigenvalue weighted by Gasteiger charge is 2.21. The summed E-state index contributed by atoms with van der Waals surface area (Å²) in [6, 6.07) is 7.53. The predicted octanol–water partition coefficient (Wildman–Crippen LogP) is 3.33. The molecule has 17 heavy (non-hydrogen) atoms.